The van der Waals surface area contributed by atoms with E-state index in [-0.39, 0.29) is 36.3 Å². The zero-order valence-corrected chi connectivity index (χ0v) is 25.4. The first-order valence-electron chi connectivity index (χ1n) is 14.7. The van der Waals surface area contributed by atoms with Crippen LogP contribution in [0.4, 0.5) is 13.2 Å². The highest BCUT2D eigenvalue weighted by atomic mass is 32.1. The quantitative estimate of drug-likeness (QED) is 0.205. The number of aliphatic hydroxyl groups excluding tert-OH is 1. The summed E-state index contributed by atoms with van der Waals surface area (Å²) in [5.74, 6) is -0.766. The molecule has 1 aliphatic heterocycles. The van der Waals surface area contributed by atoms with E-state index in [1.54, 1.807) is 11.0 Å². The monoisotopic (exact) mass is 637 g/mol. The molecule has 8 nitrogen and oxygen atoms in total. The average molecular weight is 638 g/mol. The van der Waals surface area contributed by atoms with Crippen molar-refractivity contribution < 1.29 is 27.9 Å². The van der Waals surface area contributed by atoms with Crippen LogP contribution in [-0.2, 0) is 19.1 Å². The molecule has 1 saturated heterocycles. The normalized spacial score (nSPS) is 16.4. The number of pyridine rings is 1. The Morgan fingerprint density at radius 2 is 1.87 bits per heavy atom. The molecule has 45 heavy (non-hydrogen) atoms. The van der Waals surface area contributed by atoms with Crippen molar-refractivity contribution in [3.05, 3.63) is 117 Å². The number of benzene rings is 2. The molecular weight excluding hydrogens is 603 g/mol. The van der Waals surface area contributed by atoms with Crippen molar-refractivity contribution in [1.29, 1.82) is 0 Å². The Hall–Kier alpha value is -4.13. The van der Waals surface area contributed by atoms with Crippen molar-refractivity contribution in [1.82, 2.24) is 25.5 Å². The van der Waals surface area contributed by atoms with Gasteiger partial charge in [-0.15, -0.1) is 11.3 Å². The first-order valence-corrected chi connectivity index (χ1v) is 15.5. The van der Waals surface area contributed by atoms with Gasteiger partial charge in [0, 0.05) is 42.5 Å². The zero-order valence-electron chi connectivity index (χ0n) is 24.6. The van der Waals surface area contributed by atoms with Crippen LogP contribution >= 0.6 is 11.3 Å². The highest BCUT2D eigenvalue weighted by molar-refractivity contribution is 7.09. The lowest BCUT2D eigenvalue weighted by atomic mass is 10.00. The van der Waals surface area contributed by atoms with Crippen LogP contribution in [0.25, 0.3) is 0 Å². The topological polar surface area (TPSA) is 107 Å². The van der Waals surface area contributed by atoms with Crippen LogP contribution in [0.1, 0.15) is 67.1 Å². The minimum atomic E-state index is -4.45. The molecule has 0 saturated carbocycles. The summed E-state index contributed by atoms with van der Waals surface area (Å²) in [4.78, 5) is 37.5. The SMILES string of the molecule is Cc1csc([C@H]2CCCN2C(=O)c2cc(C(=O)N[C@@H](Cc3ccccc3)[C@@H](O)CNCc3cccc(C(F)(F)F)c3)ccn2)n1. The molecular formula is C33H34F3N5O3S. The second kappa shape index (κ2) is 14.3. The number of aliphatic hydroxyl groups is 1. The number of carbonyl (C=O) groups excluding carboxylic acids is 2. The number of nitrogens with one attached hydrogen (secondary N) is 2. The van der Waals surface area contributed by atoms with Gasteiger partial charge < -0.3 is 20.6 Å². The van der Waals surface area contributed by atoms with E-state index in [4.69, 9.17) is 0 Å². The average Bonchev–Trinajstić information content (AvgIpc) is 3.70. The summed E-state index contributed by atoms with van der Waals surface area (Å²) < 4.78 is 39.3. The lowest BCUT2D eigenvalue weighted by Gasteiger charge is -2.25. The summed E-state index contributed by atoms with van der Waals surface area (Å²) in [6, 6.07) is 16.4. The molecule has 4 aromatic rings. The van der Waals surface area contributed by atoms with Crippen molar-refractivity contribution in [3.63, 3.8) is 0 Å². The Labute approximate surface area is 263 Å². The fourth-order valence-corrected chi connectivity index (χ4v) is 6.34. The van der Waals surface area contributed by atoms with Crippen molar-refractivity contribution in [2.24, 2.45) is 0 Å². The lowest BCUT2D eigenvalue weighted by molar-refractivity contribution is -0.137. The molecule has 3 heterocycles. The number of aryl methyl sites for hydroxylation is 1. The van der Waals surface area contributed by atoms with Crippen molar-refractivity contribution in [3.8, 4) is 0 Å². The predicted molar refractivity (Wildman–Crippen MR) is 165 cm³/mol. The minimum Gasteiger partial charge on any atom is -0.390 e. The number of aromatic nitrogens is 2. The molecule has 12 heteroatoms. The van der Waals surface area contributed by atoms with Crippen LogP contribution in [-0.4, -0.2) is 57.0 Å². The van der Waals surface area contributed by atoms with E-state index >= 15 is 0 Å². The molecule has 2 amide bonds. The number of nitrogens with zero attached hydrogens (tertiary/aromatic N) is 3. The van der Waals surface area contributed by atoms with E-state index in [0.29, 0.717) is 18.5 Å². The highest BCUT2D eigenvalue weighted by Gasteiger charge is 2.34. The number of thiazole rings is 1. The van der Waals surface area contributed by atoms with Gasteiger partial charge in [-0.05, 0) is 55.5 Å². The van der Waals surface area contributed by atoms with Crippen LogP contribution in [0.5, 0.6) is 0 Å². The van der Waals surface area contributed by atoms with Crippen molar-refractivity contribution in [2.45, 2.75) is 57.1 Å². The largest absolute Gasteiger partial charge is 0.416 e. The molecule has 3 atom stereocenters. The van der Waals surface area contributed by atoms with Crippen LogP contribution < -0.4 is 10.6 Å². The highest BCUT2D eigenvalue weighted by Crippen LogP contribution is 2.34. The summed E-state index contributed by atoms with van der Waals surface area (Å²) in [5.41, 5.74) is 1.82. The summed E-state index contributed by atoms with van der Waals surface area (Å²) in [7, 11) is 0. The maximum Gasteiger partial charge on any atom is 0.416 e. The van der Waals surface area contributed by atoms with Gasteiger partial charge in [-0.1, -0.05) is 48.5 Å². The molecule has 1 aliphatic rings. The number of amides is 2. The molecule has 2 aromatic heterocycles. The van der Waals surface area contributed by atoms with E-state index in [0.717, 1.165) is 41.2 Å². The number of rotatable bonds is 11. The van der Waals surface area contributed by atoms with Gasteiger partial charge in [-0.2, -0.15) is 13.2 Å². The van der Waals surface area contributed by atoms with Crippen LogP contribution in [0.2, 0.25) is 0 Å². The number of carbonyl (C=O) groups is 2. The smallest absolute Gasteiger partial charge is 0.390 e. The van der Waals surface area contributed by atoms with Gasteiger partial charge in [0.2, 0.25) is 0 Å². The lowest BCUT2D eigenvalue weighted by Crippen LogP contribution is -2.48. The van der Waals surface area contributed by atoms with E-state index in [1.807, 2.05) is 42.6 Å². The summed E-state index contributed by atoms with van der Waals surface area (Å²) in [6.07, 6.45) is -2.15. The Morgan fingerprint density at radius 3 is 2.60 bits per heavy atom. The Morgan fingerprint density at radius 1 is 1.09 bits per heavy atom. The van der Waals surface area contributed by atoms with Gasteiger partial charge in [0.05, 0.1) is 23.8 Å². The van der Waals surface area contributed by atoms with Gasteiger partial charge in [0.1, 0.15) is 10.7 Å². The molecule has 0 unspecified atom stereocenters. The van der Waals surface area contributed by atoms with Gasteiger partial charge in [-0.25, -0.2) is 4.98 Å². The number of halogens is 3. The standard InChI is InChI=1S/C33H34F3N5O3S/c1-21-20-45-31(39-21)28-11-6-14-41(28)32(44)27-17-24(12-13-38-27)30(43)40-26(16-22-7-3-2-4-8-22)29(42)19-37-18-23-9-5-10-25(15-23)33(34,35)36/h2-5,7-10,12-13,15,17,20,26,28-29,37,42H,6,11,14,16,18-19H2,1H3,(H,40,43)/t26-,28+,29-/m0/s1. The first kappa shape index (κ1) is 32.3. The second-order valence-corrected chi connectivity index (χ2v) is 12.0. The molecule has 0 radical (unpaired) electrons. The molecule has 0 aliphatic carbocycles. The maximum absolute atomic E-state index is 13.5. The van der Waals surface area contributed by atoms with Gasteiger partial charge in [0.15, 0.2) is 0 Å². The van der Waals surface area contributed by atoms with Crippen molar-refractivity contribution >= 4 is 23.2 Å². The summed E-state index contributed by atoms with van der Waals surface area (Å²) in [5, 5.41) is 19.9. The van der Waals surface area contributed by atoms with Crippen LogP contribution in [0.15, 0.2) is 78.3 Å². The van der Waals surface area contributed by atoms with Crippen LogP contribution in [0.3, 0.4) is 0 Å². The summed E-state index contributed by atoms with van der Waals surface area (Å²) in [6.45, 7) is 2.60. The fraction of sp³-hybridized carbons (Fsp3) is 0.333. The first-order chi connectivity index (χ1) is 21.6. The number of hydrogen-bond acceptors (Lipinski definition) is 7. The second-order valence-electron chi connectivity index (χ2n) is 11.1. The molecule has 3 N–H and O–H groups in total. The van der Waals surface area contributed by atoms with E-state index in [2.05, 4.69) is 20.6 Å². The number of hydrogen-bond donors (Lipinski definition) is 3. The van der Waals surface area contributed by atoms with Gasteiger partial charge in [-0.3, -0.25) is 14.6 Å². The third kappa shape index (κ3) is 8.33. The molecule has 236 valence electrons. The van der Waals surface area contributed by atoms with E-state index in [9.17, 15) is 27.9 Å². The third-order valence-corrected chi connectivity index (χ3v) is 8.76. The third-order valence-electron chi connectivity index (χ3n) is 7.69. The van der Waals surface area contributed by atoms with Crippen LogP contribution in [0, 0.1) is 6.92 Å². The summed E-state index contributed by atoms with van der Waals surface area (Å²) >= 11 is 1.52. The molecule has 1 fully saturated rings. The molecule has 5 rings (SSSR count). The van der Waals surface area contributed by atoms with Gasteiger partial charge in [0.25, 0.3) is 11.8 Å². The van der Waals surface area contributed by atoms with Crippen molar-refractivity contribution in [2.75, 3.05) is 13.1 Å². The van der Waals surface area contributed by atoms with E-state index in [1.165, 1.54) is 35.7 Å². The Kier molecular flexibility index (Phi) is 10.3. The Balaban J connectivity index is 1.26. The van der Waals surface area contributed by atoms with E-state index < -0.39 is 29.8 Å². The maximum atomic E-state index is 13.5. The van der Waals surface area contributed by atoms with Gasteiger partial charge >= 0.3 is 6.18 Å². The molecule has 2 aromatic carbocycles. The zero-order chi connectivity index (χ0) is 32.0. The molecule has 0 bridgehead atoms. The predicted octanol–water partition coefficient (Wildman–Crippen LogP) is 5.33. The minimum absolute atomic E-state index is 0.0146. The molecule has 0 spiro atoms. The number of alkyl halides is 3. The number of likely N-dealkylation sites (tertiary alicyclic amines) is 1. The fourth-order valence-electron chi connectivity index (χ4n) is 5.39. The Bertz CT molecular complexity index is 1610.